The Morgan fingerprint density at radius 2 is 1.64 bits per heavy atom. The summed E-state index contributed by atoms with van der Waals surface area (Å²) in [5.41, 5.74) is 2.11. The maximum absolute atomic E-state index is 12.5. The summed E-state index contributed by atoms with van der Waals surface area (Å²) in [4.78, 5) is 12.5. The molecule has 0 radical (unpaired) electrons. The van der Waals surface area contributed by atoms with Gasteiger partial charge in [-0.25, -0.2) is 4.79 Å². The van der Waals surface area contributed by atoms with E-state index in [2.05, 4.69) is 0 Å². The summed E-state index contributed by atoms with van der Waals surface area (Å²) in [6.07, 6.45) is 0. The molecule has 0 aromatic heterocycles. The number of ether oxygens (including phenoxy) is 6. The minimum atomic E-state index is -0.395. The molecule has 2 aliphatic rings. The molecule has 0 fully saturated rings. The molecule has 2 heterocycles. The summed E-state index contributed by atoms with van der Waals surface area (Å²) in [6.45, 7) is 0.103. The molecule has 2 aliphatic heterocycles. The van der Waals surface area contributed by atoms with Crippen molar-refractivity contribution in [2.45, 2.75) is 5.92 Å². The van der Waals surface area contributed by atoms with Gasteiger partial charge in [-0.1, -0.05) is 6.07 Å². The highest BCUT2D eigenvalue weighted by Crippen LogP contribution is 2.49. The summed E-state index contributed by atoms with van der Waals surface area (Å²) in [7, 11) is 6.25. The summed E-state index contributed by atoms with van der Waals surface area (Å²) in [5, 5.41) is 0. The van der Waals surface area contributed by atoms with E-state index < -0.39 is 11.9 Å². The molecule has 2 aromatic carbocycles. The quantitative estimate of drug-likeness (QED) is 0.734. The van der Waals surface area contributed by atoms with Crippen molar-refractivity contribution < 1.29 is 33.2 Å². The fourth-order valence-corrected chi connectivity index (χ4v) is 3.63. The van der Waals surface area contributed by atoms with E-state index in [1.54, 1.807) is 34.5 Å². The number of carbonyl (C=O) groups is 1. The molecular formula is C21H20O7. The minimum Gasteiger partial charge on any atom is -0.497 e. The molecule has 1 atom stereocenters. The van der Waals surface area contributed by atoms with E-state index in [0.717, 1.165) is 11.1 Å². The second-order valence-electron chi connectivity index (χ2n) is 6.31. The van der Waals surface area contributed by atoms with E-state index >= 15 is 0 Å². The second-order valence-corrected chi connectivity index (χ2v) is 6.31. The molecule has 0 saturated carbocycles. The molecule has 0 bridgehead atoms. The van der Waals surface area contributed by atoms with Crippen molar-refractivity contribution in [1.82, 2.24) is 0 Å². The molecule has 0 unspecified atom stereocenters. The molecule has 0 aliphatic carbocycles. The number of esters is 1. The molecule has 7 nitrogen and oxygen atoms in total. The number of hydrogen-bond acceptors (Lipinski definition) is 7. The Hall–Kier alpha value is -3.35. The van der Waals surface area contributed by atoms with Crippen molar-refractivity contribution in [2.75, 3.05) is 35.0 Å². The molecule has 2 aromatic rings. The standard InChI is InChI=1S/C21H20O7/c1-23-12-5-6-13-14(9-12)28-17-10-27-21(22)19(17)18(13)11-7-15(24-2)20(26-4)16(8-11)25-3/h5-9,18H,10H2,1-4H3/t18-/m0/s1. The summed E-state index contributed by atoms with van der Waals surface area (Å²) >= 11 is 0. The Morgan fingerprint density at radius 1 is 0.929 bits per heavy atom. The van der Waals surface area contributed by atoms with Gasteiger partial charge in [0.2, 0.25) is 5.75 Å². The van der Waals surface area contributed by atoms with Crippen molar-refractivity contribution in [2.24, 2.45) is 0 Å². The lowest BCUT2D eigenvalue weighted by Crippen LogP contribution is -2.18. The predicted octanol–water partition coefficient (Wildman–Crippen LogP) is 3.06. The molecule has 4 rings (SSSR count). The third kappa shape index (κ3) is 2.70. The van der Waals surface area contributed by atoms with Crippen LogP contribution in [0.1, 0.15) is 17.0 Å². The van der Waals surface area contributed by atoms with Crippen LogP contribution in [0.5, 0.6) is 28.7 Å². The average molecular weight is 384 g/mol. The van der Waals surface area contributed by atoms with Gasteiger partial charge in [0.05, 0.1) is 34.0 Å². The average Bonchev–Trinajstić information content (AvgIpc) is 3.10. The SMILES string of the molecule is COc1ccc2c(c1)OC1=C(C(=O)OC1)[C@H]2c1cc(OC)c(OC)c(OC)c1. The number of methoxy groups -OCH3 is 4. The molecular weight excluding hydrogens is 364 g/mol. The van der Waals surface area contributed by atoms with Crippen LogP contribution in [-0.2, 0) is 9.53 Å². The van der Waals surface area contributed by atoms with Crippen molar-refractivity contribution in [3.05, 3.63) is 52.8 Å². The number of benzene rings is 2. The van der Waals surface area contributed by atoms with Gasteiger partial charge in [0.15, 0.2) is 17.3 Å². The first-order chi connectivity index (χ1) is 13.6. The highest BCUT2D eigenvalue weighted by Gasteiger charge is 2.40. The second kappa shape index (κ2) is 6.99. The first-order valence-electron chi connectivity index (χ1n) is 8.67. The first kappa shape index (κ1) is 18.0. The largest absolute Gasteiger partial charge is 0.497 e. The van der Waals surface area contributed by atoms with E-state index in [1.807, 2.05) is 24.3 Å². The van der Waals surface area contributed by atoms with Gasteiger partial charge in [-0.15, -0.1) is 0 Å². The van der Waals surface area contributed by atoms with Gasteiger partial charge in [0.25, 0.3) is 0 Å². The lowest BCUT2D eigenvalue weighted by Gasteiger charge is -2.27. The lowest BCUT2D eigenvalue weighted by molar-refractivity contribution is -0.136. The Bertz CT molecular complexity index is 952. The van der Waals surface area contributed by atoms with Crippen molar-refractivity contribution >= 4 is 5.97 Å². The Morgan fingerprint density at radius 3 is 2.25 bits per heavy atom. The van der Waals surface area contributed by atoms with E-state index in [1.165, 1.54) is 0 Å². The first-order valence-corrected chi connectivity index (χ1v) is 8.67. The van der Waals surface area contributed by atoms with Gasteiger partial charge in [-0.3, -0.25) is 0 Å². The topological polar surface area (TPSA) is 72.5 Å². The van der Waals surface area contributed by atoms with Crippen LogP contribution in [0.2, 0.25) is 0 Å². The van der Waals surface area contributed by atoms with Crippen LogP contribution in [0.15, 0.2) is 41.7 Å². The molecule has 0 saturated heterocycles. The number of rotatable bonds is 5. The molecule has 0 amide bonds. The zero-order chi connectivity index (χ0) is 19.8. The van der Waals surface area contributed by atoms with Crippen LogP contribution in [0.25, 0.3) is 0 Å². The molecule has 146 valence electrons. The van der Waals surface area contributed by atoms with Gasteiger partial charge in [-0.2, -0.15) is 0 Å². The molecule has 0 N–H and O–H groups in total. The highest BCUT2D eigenvalue weighted by molar-refractivity contribution is 5.95. The highest BCUT2D eigenvalue weighted by atomic mass is 16.6. The molecule has 0 spiro atoms. The maximum Gasteiger partial charge on any atom is 0.339 e. The van der Waals surface area contributed by atoms with Gasteiger partial charge < -0.3 is 28.4 Å². The molecule has 7 heteroatoms. The van der Waals surface area contributed by atoms with Gasteiger partial charge >= 0.3 is 5.97 Å². The fourth-order valence-electron chi connectivity index (χ4n) is 3.63. The number of cyclic esters (lactones) is 1. The van der Waals surface area contributed by atoms with Crippen LogP contribution in [0.4, 0.5) is 0 Å². The van der Waals surface area contributed by atoms with E-state index in [0.29, 0.717) is 40.1 Å². The Labute approximate surface area is 162 Å². The van der Waals surface area contributed by atoms with Gasteiger partial charge in [0, 0.05) is 17.5 Å². The Balaban J connectivity index is 1.94. The third-order valence-corrected chi connectivity index (χ3v) is 4.93. The van der Waals surface area contributed by atoms with Crippen LogP contribution in [-0.4, -0.2) is 41.0 Å². The maximum atomic E-state index is 12.5. The number of carbonyl (C=O) groups excluding carboxylic acids is 1. The van der Waals surface area contributed by atoms with Crippen LogP contribution >= 0.6 is 0 Å². The van der Waals surface area contributed by atoms with Crippen molar-refractivity contribution in [1.29, 1.82) is 0 Å². The summed E-state index contributed by atoms with van der Waals surface area (Å²) in [5.74, 6) is 2.50. The van der Waals surface area contributed by atoms with Gasteiger partial charge in [-0.05, 0) is 23.8 Å². The lowest BCUT2D eigenvalue weighted by atomic mass is 9.82. The Kier molecular flexibility index (Phi) is 4.50. The monoisotopic (exact) mass is 384 g/mol. The van der Waals surface area contributed by atoms with E-state index in [9.17, 15) is 4.79 Å². The van der Waals surface area contributed by atoms with E-state index in [4.69, 9.17) is 28.4 Å². The summed E-state index contributed by atoms with van der Waals surface area (Å²) in [6, 6.07) is 9.19. The zero-order valence-electron chi connectivity index (χ0n) is 16.0. The van der Waals surface area contributed by atoms with Gasteiger partial charge in [0.1, 0.15) is 18.1 Å². The van der Waals surface area contributed by atoms with Crippen molar-refractivity contribution in [3.8, 4) is 28.7 Å². The normalized spacial score (nSPS) is 17.3. The van der Waals surface area contributed by atoms with Crippen LogP contribution in [0, 0.1) is 0 Å². The zero-order valence-corrected chi connectivity index (χ0v) is 16.0. The van der Waals surface area contributed by atoms with Crippen molar-refractivity contribution in [3.63, 3.8) is 0 Å². The number of hydrogen-bond donors (Lipinski definition) is 0. The van der Waals surface area contributed by atoms with Crippen LogP contribution in [0.3, 0.4) is 0 Å². The number of fused-ring (bicyclic) bond motifs is 1. The third-order valence-electron chi connectivity index (χ3n) is 4.93. The predicted molar refractivity (Wildman–Crippen MR) is 99.5 cm³/mol. The van der Waals surface area contributed by atoms with Crippen LogP contribution < -0.4 is 23.7 Å². The minimum absolute atomic E-state index is 0.103. The fraction of sp³-hybridized carbons (Fsp3) is 0.286. The summed E-state index contributed by atoms with van der Waals surface area (Å²) < 4.78 is 32.9. The molecule has 28 heavy (non-hydrogen) atoms. The van der Waals surface area contributed by atoms with E-state index in [-0.39, 0.29) is 6.61 Å². The smallest absolute Gasteiger partial charge is 0.339 e.